The quantitative estimate of drug-likeness (QED) is 0.649. The molecule has 0 aliphatic rings. The van der Waals surface area contributed by atoms with Gasteiger partial charge in [0.15, 0.2) is 18.2 Å². The molecule has 22 heavy (non-hydrogen) atoms. The average Bonchev–Trinajstić information content (AvgIpc) is 2.34. The van der Waals surface area contributed by atoms with E-state index < -0.39 is 40.5 Å². The lowest BCUT2D eigenvalue weighted by molar-refractivity contribution is -0.385. The molecule has 1 aromatic carbocycles. The van der Waals surface area contributed by atoms with E-state index in [0.717, 1.165) is 12.1 Å². The molecule has 0 unspecified atom stereocenters. The number of halogens is 1. The molecule has 9 heteroatoms. The summed E-state index contributed by atoms with van der Waals surface area (Å²) < 4.78 is 18.4. The molecule has 1 aromatic rings. The van der Waals surface area contributed by atoms with Crippen molar-refractivity contribution in [2.45, 2.75) is 26.3 Å². The van der Waals surface area contributed by atoms with Crippen molar-refractivity contribution in [1.82, 2.24) is 10.6 Å². The minimum absolute atomic E-state index is 0.322. The van der Waals surface area contributed by atoms with E-state index >= 15 is 0 Å². The van der Waals surface area contributed by atoms with Gasteiger partial charge >= 0.3 is 6.03 Å². The van der Waals surface area contributed by atoms with Gasteiger partial charge in [0.1, 0.15) is 0 Å². The summed E-state index contributed by atoms with van der Waals surface area (Å²) in [4.78, 5) is 32.6. The predicted octanol–water partition coefficient (Wildman–Crippen LogP) is 1.74. The van der Waals surface area contributed by atoms with Gasteiger partial charge in [-0.1, -0.05) is 0 Å². The topological polar surface area (TPSA) is 111 Å². The van der Waals surface area contributed by atoms with E-state index in [0.29, 0.717) is 6.07 Å². The Morgan fingerprint density at radius 3 is 2.50 bits per heavy atom. The molecule has 0 atom stereocenters. The van der Waals surface area contributed by atoms with Crippen molar-refractivity contribution in [3.63, 3.8) is 0 Å². The molecule has 0 aliphatic heterocycles. The minimum Gasteiger partial charge on any atom is -0.481 e. The number of imide groups is 1. The number of nitrogens with zero attached hydrogens (tertiary/aromatic N) is 1. The monoisotopic (exact) mass is 313 g/mol. The average molecular weight is 313 g/mol. The molecular weight excluding hydrogens is 297 g/mol. The van der Waals surface area contributed by atoms with Crippen molar-refractivity contribution in [1.29, 1.82) is 0 Å². The standard InChI is InChI=1S/C13H16FN3O5/c1-13(2,3)16-12(19)15-11(18)7-22-10-5-4-8(17(20)21)6-9(10)14/h4-6H,7H2,1-3H3,(H2,15,16,18,19). The summed E-state index contributed by atoms with van der Waals surface area (Å²) in [6.07, 6.45) is 0. The first-order valence-electron chi connectivity index (χ1n) is 6.27. The maximum absolute atomic E-state index is 13.5. The van der Waals surface area contributed by atoms with E-state index in [4.69, 9.17) is 4.74 Å². The number of non-ortho nitro benzene ring substituents is 1. The second-order valence-electron chi connectivity index (χ2n) is 5.41. The van der Waals surface area contributed by atoms with Gasteiger partial charge in [-0.2, -0.15) is 0 Å². The lowest BCUT2D eigenvalue weighted by atomic mass is 10.1. The van der Waals surface area contributed by atoms with E-state index in [-0.39, 0.29) is 5.75 Å². The summed E-state index contributed by atoms with van der Waals surface area (Å²) in [5, 5.41) is 15.0. The van der Waals surface area contributed by atoms with E-state index in [9.17, 15) is 24.1 Å². The third kappa shape index (κ3) is 5.73. The maximum Gasteiger partial charge on any atom is 0.321 e. The summed E-state index contributed by atoms with van der Waals surface area (Å²) in [5.74, 6) is -2.07. The van der Waals surface area contributed by atoms with E-state index in [1.807, 2.05) is 5.32 Å². The molecule has 0 saturated heterocycles. The summed E-state index contributed by atoms with van der Waals surface area (Å²) in [5.41, 5.74) is -0.950. The van der Waals surface area contributed by atoms with Crippen LogP contribution in [0, 0.1) is 15.9 Å². The van der Waals surface area contributed by atoms with Crippen LogP contribution in [-0.2, 0) is 4.79 Å². The molecule has 8 nitrogen and oxygen atoms in total. The van der Waals surface area contributed by atoms with Crippen LogP contribution < -0.4 is 15.4 Å². The van der Waals surface area contributed by atoms with E-state index in [1.54, 1.807) is 20.8 Å². The van der Waals surface area contributed by atoms with Crippen LogP contribution in [0.15, 0.2) is 18.2 Å². The Balaban J connectivity index is 2.54. The molecule has 0 aromatic heterocycles. The van der Waals surface area contributed by atoms with Gasteiger partial charge in [-0.3, -0.25) is 20.2 Å². The zero-order valence-corrected chi connectivity index (χ0v) is 12.3. The van der Waals surface area contributed by atoms with Crippen LogP contribution in [0.1, 0.15) is 20.8 Å². The number of nitrogens with one attached hydrogen (secondary N) is 2. The SMILES string of the molecule is CC(C)(C)NC(=O)NC(=O)COc1ccc([N+](=O)[O-])cc1F. The maximum atomic E-state index is 13.5. The van der Waals surface area contributed by atoms with Gasteiger partial charge in [0.2, 0.25) is 0 Å². The number of benzene rings is 1. The third-order valence-corrected chi connectivity index (χ3v) is 2.23. The highest BCUT2D eigenvalue weighted by atomic mass is 19.1. The summed E-state index contributed by atoms with van der Waals surface area (Å²) in [6, 6.07) is 2.06. The smallest absolute Gasteiger partial charge is 0.321 e. The van der Waals surface area contributed by atoms with Crippen molar-refractivity contribution in [2.75, 3.05) is 6.61 Å². The molecule has 3 amide bonds. The van der Waals surface area contributed by atoms with Gasteiger partial charge in [-0.25, -0.2) is 9.18 Å². The third-order valence-electron chi connectivity index (χ3n) is 2.23. The van der Waals surface area contributed by atoms with Crippen LogP contribution in [-0.4, -0.2) is 29.0 Å². The van der Waals surface area contributed by atoms with Crippen molar-refractivity contribution < 1.29 is 23.6 Å². The second-order valence-corrected chi connectivity index (χ2v) is 5.41. The summed E-state index contributed by atoms with van der Waals surface area (Å²) in [6.45, 7) is 4.60. The molecular formula is C13H16FN3O5. The van der Waals surface area contributed by atoms with Crippen LogP contribution >= 0.6 is 0 Å². The Morgan fingerprint density at radius 1 is 1.36 bits per heavy atom. The van der Waals surface area contributed by atoms with Crippen molar-refractivity contribution in [2.24, 2.45) is 0 Å². The fourth-order valence-electron chi connectivity index (χ4n) is 1.40. The first-order chi connectivity index (χ1) is 10.1. The van der Waals surface area contributed by atoms with Crippen molar-refractivity contribution in [3.8, 4) is 5.75 Å². The number of carbonyl (C=O) groups is 2. The molecule has 2 N–H and O–H groups in total. The first-order valence-corrected chi connectivity index (χ1v) is 6.27. The number of amides is 3. The molecule has 1 rings (SSSR count). The van der Waals surface area contributed by atoms with Crippen molar-refractivity contribution in [3.05, 3.63) is 34.1 Å². The number of carbonyl (C=O) groups excluding carboxylic acids is 2. The Labute approximate surface area is 125 Å². The number of urea groups is 1. The Kier molecular flexibility index (Phi) is 5.39. The molecule has 0 saturated carbocycles. The zero-order chi connectivity index (χ0) is 16.9. The zero-order valence-electron chi connectivity index (χ0n) is 12.3. The lowest BCUT2D eigenvalue weighted by Gasteiger charge is -2.20. The highest BCUT2D eigenvalue weighted by Gasteiger charge is 2.17. The normalized spacial score (nSPS) is 10.7. The van der Waals surface area contributed by atoms with Gasteiger partial charge in [-0.15, -0.1) is 0 Å². The first kappa shape index (κ1) is 17.3. The number of nitro groups is 1. The molecule has 0 aliphatic carbocycles. The number of rotatable bonds is 4. The number of ether oxygens (including phenoxy) is 1. The summed E-state index contributed by atoms with van der Waals surface area (Å²) >= 11 is 0. The van der Waals surface area contributed by atoms with Crippen LogP contribution in [0.25, 0.3) is 0 Å². The highest BCUT2D eigenvalue weighted by Crippen LogP contribution is 2.22. The highest BCUT2D eigenvalue weighted by molar-refractivity contribution is 5.95. The fraction of sp³-hybridized carbons (Fsp3) is 0.385. The molecule has 0 bridgehead atoms. The Morgan fingerprint density at radius 2 is 2.00 bits per heavy atom. The number of hydrogen-bond donors (Lipinski definition) is 2. The predicted molar refractivity (Wildman–Crippen MR) is 75.0 cm³/mol. The van der Waals surface area contributed by atoms with Gasteiger partial charge in [0, 0.05) is 11.6 Å². The Bertz CT molecular complexity index is 598. The Hall–Kier alpha value is -2.71. The van der Waals surface area contributed by atoms with Gasteiger partial charge in [-0.05, 0) is 26.8 Å². The van der Waals surface area contributed by atoms with Crippen LogP contribution in [0.3, 0.4) is 0 Å². The largest absolute Gasteiger partial charge is 0.481 e. The molecule has 0 fully saturated rings. The summed E-state index contributed by atoms with van der Waals surface area (Å²) in [7, 11) is 0. The number of hydrogen-bond acceptors (Lipinski definition) is 5. The van der Waals surface area contributed by atoms with E-state index in [2.05, 4.69) is 5.32 Å². The van der Waals surface area contributed by atoms with Gasteiger partial charge in [0.05, 0.1) is 11.0 Å². The second kappa shape index (κ2) is 6.83. The molecule has 0 spiro atoms. The van der Waals surface area contributed by atoms with Crippen LogP contribution in [0.5, 0.6) is 5.75 Å². The molecule has 0 heterocycles. The van der Waals surface area contributed by atoms with Crippen LogP contribution in [0.4, 0.5) is 14.9 Å². The number of nitro benzene ring substituents is 1. The van der Waals surface area contributed by atoms with Crippen LogP contribution in [0.2, 0.25) is 0 Å². The van der Waals surface area contributed by atoms with Crippen molar-refractivity contribution >= 4 is 17.6 Å². The molecule has 120 valence electrons. The van der Waals surface area contributed by atoms with E-state index in [1.165, 1.54) is 0 Å². The van der Waals surface area contributed by atoms with Gasteiger partial charge in [0.25, 0.3) is 11.6 Å². The molecule has 0 radical (unpaired) electrons. The lowest BCUT2D eigenvalue weighted by Crippen LogP contribution is -2.49. The van der Waals surface area contributed by atoms with Gasteiger partial charge < -0.3 is 10.1 Å². The fourth-order valence-corrected chi connectivity index (χ4v) is 1.40. The minimum atomic E-state index is -0.971.